The maximum atomic E-state index is 13.1. The van der Waals surface area contributed by atoms with Crippen molar-refractivity contribution in [3.8, 4) is 5.75 Å². The third kappa shape index (κ3) is 3.17. The molecule has 0 radical (unpaired) electrons. The largest absolute Gasteiger partial charge is 0.490 e. The van der Waals surface area contributed by atoms with E-state index >= 15 is 0 Å². The number of benzene rings is 1. The van der Waals surface area contributed by atoms with E-state index in [1.165, 1.54) is 18.2 Å². The summed E-state index contributed by atoms with van der Waals surface area (Å²) in [5.41, 5.74) is 5.94. The summed E-state index contributed by atoms with van der Waals surface area (Å²) in [5, 5.41) is 8.74. The van der Waals surface area contributed by atoms with Crippen molar-refractivity contribution in [1.29, 1.82) is 0 Å². The van der Waals surface area contributed by atoms with Crippen LogP contribution in [0.15, 0.2) is 18.2 Å². The van der Waals surface area contributed by atoms with Gasteiger partial charge >= 0.3 is 5.97 Å². The molecule has 0 aromatic heterocycles. The van der Waals surface area contributed by atoms with E-state index in [4.69, 9.17) is 15.6 Å². The molecule has 3 N–H and O–H groups in total. The Morgan fingerprint density at radius 2 is 2.29 bits per heavy atom. The molecule has 0 spiro atoms. The number of ether oxygens (including phenoxy) is 1. The van der Waals surface area contributed by atoms with Gasteiger partial charge in [0, 0.05) is 6.42 Å². The lowest BCUT2D eigenvalue weighted by Gasteiger charge is -2.13. The Bertz CT molecular complexity index is 432. The maximum absolute atomic E-state index is 13.1. The Morgan fingerprint density at radius 3 is 2.88 bits per heavy atom. The van der Waals surface area contributed by atoms with E-state index in [1.54, 1.807) is 0 Å². The molecule has 1 aromatic carbocycles. The number of hydrogen-bond donors (Lipinski definition) is 2. The van der Waals surface area contributed by atoms with Crippen LogP contribution >= 0.6 is 0 Å². The molecule has 4 nitrogen and oxygen atoms in total. The zero-order valence-electron chi connectivity index (χ0n) is 9.23. The van der Waals surface area contributed by atoms with Gasteiger partial charge in [0.1, 0.15) is 17.6 Å². The van der Waals surface area contributed by atoms with Crippen LogP contribution in [0.3, 0.4) is 0 Å². The number of carbonyl (C=O) groups is 1. The summed E-state index contributed by atoms with van der Waals surface area (Å²) < 4.78 is 18.7. The highest BCUT2D eigenvalue weighted by molar-refractivity contribution is 5.73. The third-order valence-corrected chi connectivity index (χ3v) is 2.60. The van der Waals surface area contributed by atoms with Crippen molar-refractivity contribution < 1.29 is 19.0 Å². The lowest BCUT2D eigenvalue weighted by atomic mass is 10.1. The van der Waals surface area contributed by atoms with Crippen molar-refractivity contribution in [2.24, 2.45) is 5.73 Å². The molecule has 5 heteroatoms. The van der Waals surface area contributed by atoms with Gasteiger partial charge in [-0.2, -0.15) is 0 Å². The Labute approximate surface area is 98.2 Å². The number of carboxylic acid groups (broad SMARTS) is 1. The first-order valence-electron chi connectivity index (χ1n) is 5.49. The molecule has 0 aliphatic heterocycles. The first-order valence-corrected chi connectivity index (χ1v) is 5.49. The highest BCUT2D eigenvalue weighted by atomic mass is 19.1. The average Bonchev–Trinajstić information content (AvgIpc) is 3.05. The Kier molecular flexibility index (Phi) is 3.28. The monoisotopic (exact) mass is 239 g/mol. The fourth-order valence-corrected chi connectivity index (χ4v) is 1.51. The van der Waals surface area contributed by atoms with Crippen LogP contribution in [-0.4, -0.2) is 23.2 Å². The predicted octanol–water partition coefficient (Wildman–Crippen LogP) is 1.32. The molecule has 1 atom stereocenters. The van der Waals surface area contributed by atoms with E-state index in [1.807, 2.05) is 0 Å². The first kappa shape index (κ1) is 11.9. The quantitative estimate of drug-likeness (QED) is 0.812. The molecule has 2 rings (SSSR count). The van der Waals surface area contributed by atoms with Crippen LogP contribution in [0.1, 0.15) is 18.4 Å². The van der Waals surface area contributed by atoms with Crippen LogP contribution in [0.5, 0.6) is 5.75 Å². The van der Waals surface area contributed by atoms with Gasteiger partial charge in [0.05, 0.1) is 6.10 Å². The second kappa shape index (κ2) is 4.71. The number of nitrogens with two attached hydrogens (primary N) is 1. The van der Waals surface area contributed by atoms with Gasteiger partial charge in [0.2, 0.25) is 0 Å². The molecular weight excluding hydrogens is 225 g/mol. The second-order valence-corrected chi connectivity index (χ2v) is 4.22. The van der Waals surface area contributed by atoms with Crippen LogP contribution in [0, 0.1) is 5.82 Å². The summed E-state index contributed by atoms with van der Waals surface area (Å²) >= 11 is 0. The summed E-state index contributed by atoms with van der Waals surface area (Å²) in [5.74, 6) is -0.988. The zero-order valence-corrected chi connectivity index (χ0v) is 9.23. The van der Waals surface area contributed by atoms with Gasteiger partial charge in [-0.05, 0) is 36.6 Å². The first-order chi connectivity index (χ1) is 8.06. The van der Waals surface area contributed by atoms with Crippen molar-refractivity contribution in [2.75, 3.05) is 0 Å². The molecule has 1 saturated carbocycles. The molecule has 0 saturated heterocycles. The number of halogens is 1. The predicted molar refractivity (Wildman–Crippen MR) is 59.4 cm³/mol. The SMILES string of the molecule is NC(Cc1cc(F)ccc1OC1CC1)C(=O)O. The average molecular weight is 239 g/mol. The molecule has 1 aromatic rings. The minimum absolute atomic E-state index is 0.0646. The van der Waals surface area contributed by atoms with Crippen LogP contribution in [-0.2, 0) is 11.2 Å². The Hall–Kier alpha value is -1.62. The van der Waals surface area contributed by atoms with E-state index in [9.17, 15) is 9.18 Å². The van der Waals surface area contributed by atoms with Crippen molar-refractivity contribution in [3.05, 3.63) is 29.6 Å². The molecular formula is C12H14FNO3. The van der Waals surface area contributed by atoms with Gasteiger partial charge in [0.25, 0.3) is 0 Å². The van der Waals surface area contributed by atoms with Crippen molar-refractivity contribution in [3.63, 3.8) is 0 Å². The molecule has 92 valence electrons. The second-order valence-electron chi connectivity index (χ2n) is 4.22. The highest BCUT2D eigenvalue weighted by Crippen LogP contribution is 2.30. The molecule has 1 unspecified atom stereocenters. The zero-order chi connectivity index (χ0) is 12.4. The van der Waals surface area contributed by atoms with E-state index < -0.39 is 17.8 Å². The van der Waals surface area contributed by atoms with Gasteiger partial charge in [-0.25, -0.2) is 4.39 Å². The lowest BCUT2D eigenvalue weighted by Crippen LogP contribution is -2.32. The third-order valence-electron chi connectivity index (χ3n) is 2.60. The summed E-state index contributed by atoms with van der Waals surface area (Å²) in [6.07, 6.45) is 2.22. The lowest BCUT2D eigenvalue weighted by molar-refractivity contribution is -0.138. The molecule has 17 heavy (non-hydrogen) atoms. The standard InChI is InChI=1S/C12H14FNO3/c13-8-1-4-11(17-9-2-3-9)7(5-8)6-10(14)12(15)16/h1,4-5,9-10H,2-3,6,14H2,(H,15,16). The summed E-state index contributed by atoms with van der Waals surface area (Å²) in [6, 6.07) is 3.06. The number of aliphatic carboxylic acids is 1. The maximum Gasteiger partial charge on any atom is 0.320 e. The number of hydrogen-bond acceptors (Lipinski definition) is 3. The number of carboxylic acids is 1. The molecule has 1 fully saturated rings. The fourth-order valence-electron chi connectivity index (χ4n) is 1.51. The van der Waals surface area contributed by atoms with Gasteiger partial charge < -0.3 is 15.6 Å². The van der Waals surface area contributed by atoms with E-state index in [0.29, 0.717) is 11.3 Å². The van der Waals surface area contributed by atoms with Crippen molar-refractivity contribution in [2.45, 2.75) is 31.4 Å². The molecule has 1 aliphatic rings. The minimum Gasteiger partial charge on any atom is -0.490 e. The summed E-state index contributed by atoms with van der Waals surface area (Å²) in [7, 11) is 0. The van der Waals surface area contributed by atoms with Crippen LogP contribution < -0.4 is 10.5 Å². The summed E-state index contributed by atoms with van der Waals surface area (Å²) in [6.45, 7) is 0. The fraction of sp³-hybridized carbons (Fsp3) is 0.417. The van der Waals surface area contributed by atoms with E-state index in [-0.39, 0.29) is 12.5 Å². The van der Waals surface area contributed by atoms with Crippen LogP contribution in [0.2, 0.25) is 0 Å². The smallest absolute Gasteiger partial charge is 0.320 e. The number of rotatable bonds is 5. The van der Waals surface area contributed by atoms with Gasteiger partial charge in [-0.3, -0.25) is 4.79 Å². The topological polar surface area (TPSA) is 72.5 Å². The molecule has 0 heterocycles. The van der Waals surface area contributed by atoms with Crippen molar-refractivity contribution >= 4 is 5.97 Å². The molecule has 0 bridgehead atoms. The van der Waals surface area contributed by atoms with Crippen LogP contribution in [0.25, 0.3) is 0 Å². The molecule has 0 amide bonds. The minimum atomic E-state index is -1.10. The van der Waals surface area contributed by atoms with E-state index in [2.05, 4.69) is 0 Å². The Morgan fingerprint density at radius 1 is 1.59 bits per heavy atom. The molecule has 1 aliphatic carbocycles. The normalized spacial score (nSPS) is 16.6. The van der Waals surface area contributed by atoms with Gasteiger partial charge in [0.15, 0.2) is 0 Å². The van der Waals surface area contributed by atoms with Crippen molar-refractivity contribution in [1.82, 2.24) is 0 Å². The van der Waals surface area contributed by atoms with Crippen LogP contribution in [0.4, 0.5) is 4.39 Å². The summed E-state index contributed by atoms with van der Waals surface area (Å²) in [4.78, 5) is 10.7. The van der Waals surface area contributed by atoms with E-state index in [0.717, 1.165) is 12.8 Å². The highest BCUT2D eigenvalue weighted by Gasteiger charge is 2.25. The van der Waals surface area contributed by atoms with Gasteiger partial charge in [-0.1, -0.05) is 0 Å². The van der Waals surface area contributed by atoms with Gasteiger partial charge in [-0.15, -0.1) is 0 Å². The Balaban J connectivity index is 2.16.